The van der Waals surface area contributed by atoms with Gasteiger partial charge >= 0.3 is 12.4 Å². The van der Waals surface area contributed by atoms with Gasteiger partial charge in [-0.2, -0.15) is 26.3 Å². The number of nitrogens with zero attached hydrogens (tertiary/aromatic N) is 2. The first-order valence-corrected chi connectivity index (χ1v) is 15.3. The van der Waals surface area contributed by atoms with Crippen molar-refractivity contribution in [2.45, 2.75) is 50.2 Å². The Labute approximate surface area is 285 Å². The van der Waals surface area contributed by atoms with Gasteiger partial charge in [-0.15, -0.1) is 0 Å². The van der Waals surface area contributed by atoms with E-state index in [0.29, 0.717) is 47.1 Å². The molecular weight excluding hydrogens is 674 g/mol. The number of rotatable bonds is 10. The summed E-state index contributed by atoms with van der Waals surface area (Å²) in [7, 11) is 2.92. The van der Waals surface area contributed by atoms with Crippen molar-refractivity contribution in [2.75, 3.05) is 38.1 Å². The van der Waals surface area contributed by atoms with E-state index in [4.69, 9.17) is 18.9 Å². The molecule has 272 valence electrons. The molecule has 2 N–H and O–H groups in total. The zero-order valence-corrected chi connectivity index (χ0v) is 27.4. The molecule has 4 heterocycles. The lowest BCUT2D eigenvalue weighted by molar-refractivity contribution is -0.233. The van der Waals surface area contributed by atoms with Crippen molar-refractivity contribution >= 4 is 35.3 Å². The fraction of sp³-hybridized carbons (Fsp3) is 0.412. The Morgan fingerprint density at radius 2 is 1.12 bits per heavy atom. The predicted octanol–water partition coefficient (Wildman–Crippen LogP) is 7.17. The van der Waals surface area contributed by atoms with Crippen molar-refractivity contribution in [3.8, 4) is 11.8 Å². The van der Waals surface area contributed by atoms with Crippen molar-refractivity contribution in [2.24, 2.45) is 11.8 Å². The van der Waals surface area contributed by atoms with Crippen molar-refractivity contribution in [1.29, 1.82) is 0 Å². The number of amides is 2. The Hall–Kier alpha value is -4.70. The van der Waals surface area contributed by atoms with Gasteiger partial charge in [-0.1, -0.05) is 37.5 Å². The normalized spacial score (nSPS) is 21.1. The molecular formula is C34H38F6N4O6. The van der Waals surface area contributed by atoms with Crippen LogP contribution in [-0.2, 0) is 19.1 Å². The van der Waals surface area contributed by atoms with Gasteiger partial charge in [0.1, 0.15) is 0 Å². The molecule has 0 bridgehead atoms. The van der Waals surface area contributed by atoms with Crippen LogP contribution in [0.5, 0.6) is 11.8 Å². The van der Waals surface area contributed by atoms with Crippen LogP contribution in [-0.4, -0.2) is 73.8 Å². The van der Waals surface area contributed by atoms with Gasteiger partial charge in [-0.05, 0) is 50.0 Å². The van der Waals surface area contributed by atoms with Crippen LogP contribution in [0.4, 0.5) is 37.7 Å². The number of methoxy groups -OCH3 is 2. The minimum atomic E-state index is -4.32. The van der Waals surface area contributed by atoms with Crippen molar-refractivity contribution in [3.05, 3.63) is 73.1 Å². The molecule has 2 aliphatic rings. The molecule has 2 saturated heterocycles. The molecule has 0 aliphatic carbocycles. The first-order valence-electron chi connectivity index (χ1n) is 15.3. The standard InChI is InChI=1S/2C17H19F3N2O3/c2*1-3-15(23)22-13-8-12(16(24-2)21-9-13)6-4-11-5-7-14(25-10-11)17(18,19)20/h2*3-4,6,8-9,11,14H,1,5,7,10H2,2H3,(H,22,23)/b2*6-4+/t2*11-,14+/m10/s1. The summed E-state index contributed by atoms with van der Waals surface area (Å²) in [6, 6.07) is 3.32. The van der Waals surface area contributed by atoms with Crippen LogP contribution in [0.2, 0.25) is 0 Å². The highest BCUT2D eigenvalue weighted by Gasteiger charge is 2.43. The van der Waals surface area contributed by atoms with Gasteiger partial charge in [0.25, 0.3) is 0 Å². The lowest BCUT2D eigenvalue weighted by atomic mass is 9.97. The highest BCUT2D eigenvalue weighted by Crippen LogP contribution is 2.34. The fourth-order valence-electron chi connectivity index (χ4n) is 4.88. The minimum absolute atomic E-state index is 0.00329. The van der Waals surface area contributed by atoms with Gasteiger partial charge in [0.2, 0.25) is 23.6 Å². The lowest BCUT2D eigenvalue weighted by Crippen LogP contribution is -2.37. The SMILES string of the molecule is C=CC(=O)Nc1cnc(OC)c(/C=C/[C@@H]2CC[C@@H](C(F)(F)F)OC2)c1.C=CC(=O)Nc1cnc(OC)c(/C=C/[C@H]2CC[C@H](C(F)(F)F)OC2)c1. The molecule has 16 heteroatoms. The molecule has 0 saturated carbocycles. The third-order valence-corrected chi connectivity index (χ3v) is 7.50. The van der Waals surface area contributed by atoms with E-state index in [0.717, 1.165) is 12.2 Å². The summed E-state index contributed by atoms with van der Waals surface area (Å²) < 4.78 is 95.6. The Morgan fingerprint density at radius 1 is 0.740 bits per heavy atom. The topological polar surface area (TPSA) is 121 Å². The van der Waals surface area contributed by atoms with Gasteiger partial charge in [0, 0.05) is 23.0 Å². The molecule has 2 aromatic heterocycles. The molecule has 2 aromatic rings. The molecule has 0 radical (unpaired) electrons. The van der Waals surface area contributed by atoms with E-state index >= 15 is 0 Å². The molecule has 10 nitrogen and oxygen atoms in total. The summed E-state index contributed by atoms with van der Waals surface area (Å²) in [5.41, 5.74) is 2.12. The van der Waals surface area contributed by atoms with Crippen LogP contribution in [0.25, 0.3) is 12.2 Å². The number of nitrogens with one attached hydrogen (secondary N) is 2. The number of carbonyl (C=O) groups is 2. The maximum atomic E-state index is 12.6. The van der Waals surface area contributed by atoms with Gasteiger partial charge in [-0.25, -0.2) is 9.97 Å². The van der Waals surface area contributed by atoms with Gasteiger partial charge in [0.15, 0.2) is 12.2 Å². The smallest absolute Gasteiger partial charge is 0.414 e. The predicted molar refractivity (Wildman–Crippen MR) is 174 cm³/mol. The van der Waals surface area contributed by atoms with Crippen LogP contribution >= 0.6 is 0 Å². The summed E-state index contributed by atoms with van der Waals surface area (Å²) in [5, 5.41) is 5.17. The quantitative estimate of drug-likeness (QED) is 0.197. The molecule has 50 heavy (non-hydrogen) atoms. The summed E-state index contributed by atoms with van der Waals surface area (Å²) in [5.74, 6) is -0.318. The average Bonchev–Trinajstić information content (AvgIpc) is 3.09. The highest BCUT2D eigenvalue weighted by atomic mass is 19.4. The number of ether oxygens (including phenoxy) is 4. The second-order valence-corrected chi connectivity index (χ2v) is 11.2. The van der Waals surface area contributed by atoms with Crippen LogP contribution < -0.4 is 20.1 Å². The molecule has 2 aliphatic heterocycles. The summed E-state index contributed by atoms with van der Waals surface area (Å²) in [6.07, 6.45) is 0.705. The van der Waals surface area contributed by atoms with Gasteiger partial charge in [0.05, 0.1) is 51.2 Å². The number of hydrogen-bond donors (Lipinski definition) is 2. The Bertz CT molecular complexity index is 1420. The monoisotopic (exact) mass is 712 g/mol. The molecule has 0 unspecified atom stereocenters. The first-order chi connectivity index (χ1) is 23.7. The Balaban J connectivity index is 0.000000270. The average molecular weight is 713 g/mol. The van der Waals surface area contributed by atoms with E-state index < -0.39 is 24.6 Å². The van der Waals surface area contributed by atoms with Crippen LogP contribution in [0, 0.1) is 11.8 Å². The number of carbonyl (C=O) groups excluding carboxylic acids is 2. The zero-order valence-electron chi connectivity index (χ0n) is 27.4. The van der Waals surface area contributed by atoms with E-state index in [1.807, 2.05) is 0 Å². The summed E-state index contributed by atoms with van der Waals surface area (Å²) >= 11 is 0. The maximum Gasteiger partial charge on any atom is 0.414 e. The Kier molecular flexibility index (Phi) is 14.6. The van der Waals surface area contributed by atoms with E-state index in [-0.39, 0.29) is 49.7 Å². The van der Waals surface area contributed by atoms with Crippen molar-refractivity contribution in [1.82, 2.24) is 9.97 Å². The van der Waals surface area contributed by atoms with Crippen LogP contribution in [0.1, 0.15) is 36.8 Å². The first kappa shape index (κ1) is 39.7. The lowest BCUT2D eigenvalue weighted by Gasteiger charge is -2.28. The number of hydrogen-bond acceptors (Lipinski definition) is 8. The van der Waals surface area contributed by atoms with E-state index in [2.05, 4.69) is 33.8 Å². The maximum absolute atomic E-state index is 12.6. The summed E-state index contributed by atoms with van der Waals surface area (Å²) in [6.45, 7) is 6.74. The van der Waals surface area contributed by atoms with Crippen LogP contribution in [0.15, 0.2) is 62.0 Å². The van der Waals surface area contributed by atoms with E-state index in [9.17, 15) is 35.9 Å². The molecule has 4 atom stereocenters. The second-order valence-electron chi connectivity index (χ2n) is 11.2. The zero-order chi connectivity index (χ0) is 36.9. The van der Waals surface area contributed by atoms with Crippen molar-refractivity contribution < 1.29 is 54.9 Å². The Morgan fingerprint density at radius 3 is 1.40 bits per heavy atom. The summed E-state index contributed by atoms with van der Waals surface area (Å²) in [4.78, 5) is 30.9. The number of pyridine rings is 2. The van der Waals surface area contributed by atoms with Gasteiger partial charge < -0.3 is 29.6 Å². The highest BCUT2D eigenvalue weighted by molar-refractivity contribution is 5.99. The van der Waals surface area contributed by atoms with Gasteiger partial charge in [-0.3, -0.25) is 9.59 Å². The van der Waals surface area contributed by atoms with Crippen LogP contribution in [0.3, 0.4) is 0 Å². The molecule has 0 spiro atoms. The fourth-order valence-corrected chi connectivity index (χ4v) is 4.88. The molecule has 2 fully saturated rings. The number of aromatic nitrogens is 2. The largest absolute Gasteiger partial charge is 0.481 e. The third kappa shape index (κ3) is 12.3. The molecule has 2 amide bonds. The number of anilines is 2. The van der Waals surface area contributed by atoms with E-state index in [1.54, 1.807) is 36.4 Å². The minimum Gasteiger partial charge on any atom is -0.481 e. The molecule has 0 aromatic carbocycles. The number of halogens is 6. The third-order valence-electron chi connectivity index (χ3n) is 7.50. The second kappa shape index (κ2) is 18.3. The molecule has 4 rings (SSSR count). The number of alkyl halides is 6. The van der Waals surface area contributed by atoms with E-state index in [1.165, 1.54) is 26.6 Å². The van der Waals surface area contributed by atoms with Crippen molar-refractivity contribution in [3.63, 3.8) is 0 Å².